The minimum Gasteiger partial charge on any atom is -0.371 e. The van der Waals surface area contributed by atoms with Crippen molar-refractivity contribution in [2.45, 2.75) is 38.6 Å². The van der Waals surface area contributed by atoms with E-state index in [4.69, 9.17) is 23.2 Å². The molecule has 0 N–H and O–H groups in total. The highest BCUT2D eigenvalue weighted by Crippen LogP contribution is 2.56. The van der Waals surface area contributed by atoms with Crippen LogP contribution in [0.2, 0.25) is 5.02 Å². The molecule has 0 radical (unpaired) electrons. The van der Waals surface area contributed by atoms with Crippen LogP contribution in [-0.2, 0) is 6.42 Å². The van der Waals surface area contributed by atoms with Crippen LogP contribution in [0.4, 0.5) is 11.4 Å². The van der Waals surface area contributed by atoms with Crippen LogP contribution in [0, 0.1) is 6.92 Å². The van der Waals surface area contributed by atoms with E-state index in [1.807, 2.05) is 12.1 Å². The predicted molar refractivity (Wildman–Crippen MR) is 110 cm³/mol. The van der Waals surface area contributed by atoms with E-state index in [9.17, 15) is 0 Å². The van der Waals surface area contributed by atoms with Crippen molar-refractivity contribution in [2.75, 3.05) is 29.9 Å². The summed E-state index contributed by atoms with van der Waals surface area (Å²) >= 11 is 13.1. The zero-order valence-electron chi connectivity index (χ0n) is 15.2. The van der Waals surface area contributed by atoms with Crippen molar-refractivity contribution in [3.05, 3.63) is 46.0 Å². The van der Waals surface area contributed by atoms with Gasteiger partial charge >= 0.3 is 0 Å². The Hall–Kier alpha value is -1.38. The SMILES string of the molecule is CCc1c(C)c2c3c(c1-c1ccc(Cl)cc1)C(Cl)C(C)N3CCN2C. The van der Waals surface area contributed by atoms with Crippen molar-refractivity contribution in [3.8, 4) is 11.1 Å². The first-order valence-corrected chi connectivity index (χ1v) is 9.84. The molecule has 2 aliphatic rings. The predicted octanol–water partition coefficient (Wildman–Crippen LogP) is 5.82. The Morgan fingerprint density at radius 2 is 1.80 bits per heavy atom. The third kappa shape index (κ3) is 2.38. The standard InChI is InChI=1S/C21H24Cl2N2/c1-5-16-12(2)20-21-18(17(16)14-6-8-15(22)9-7-14)19(23)13(3)25(21)11-10-24(20)4/h6-9,13,19H,5,10-11H2,1-4H3. The van der Waals surface area contributed by atoms with Gasteiger partial charge in [0.15, 0.2) is 0 Å². The van der Waals surface area contributed by atoms with Crippen molar-refractivity contribution in [1.29, 1.82) is 0 Å². The first kappa shape index (κ1) is 17.1. The fourth-order valence-corrected chi connectivity index (χ4v) is 5.09. The molecule has 2 aromatic carbocycles. The molecule has 0 amide bonds. The lowest BCUT2D eigenvalue weighted by molar-refractivity contribution is 0.642. The minimum atomic E-state index is 0.0110. The topological polar surface area (TPSA) is 6.48 Å². The van der Waals surface area contributed by atoms with Crippen LogP contribution >= 0.6 is 23.2 Å². The van der Waals surface area contributed by atoms with Crippen LogP contribution in [0.1, 0.15) is 35.9 Å². The van der Waals surface area contributed by atoms with E-state index in [0.29, 0.717) is 6.04 Å². The number of hydrogen-bond donors (Lipinski definition) is 0. The van der Waals surface area contributed by atoms with Crippen LogP contribution in [0.25, 0.3) is 11.1 Å². The van der Waals surface area contributed by atoms with Gasteiger partial charge in [0.05, 0.1) is 16.8 Å². The highest BCUT2D eigenvalue weighted by molar-refractivity contribution is 6.30. The number of hydrogen-bond acceptors (Lipinski definition) is 2. The number of rotatable bonds is 2. The molecule has 2 nitrogen and oxygen atoms in total. The molecule has 0 bridgehead atoms. The smallest absolute Gasteiger partial charge is 0.0812 e. The van der Waals surface area contributed by atoms with Gasteiger partial charge in [-0.3, -0.25) is 0 Å². The zero-order valence-corrected chi connectivity index (χ0v) is 16.7. The van der Waals surface area contributed by atoms with E-state index in [2.05, 4.69) is 49.8 Å². The average molecular weight is 375 g/mol. The molecule has 0 saturated heterocycles. The van der Waals surface area contributed by atoms with Gasteiger partial charge in [-0.15, -0.1) is 11.6 Å². The van der Waals surface area contributed by atoms with E-state index < -0.39 is 0 Å². The highest BCUT2D eigenvalue weighted by atomic mass is 35.5. The molecule has 0 fully saturated rings. The van der Waals surface area contributed by atoms with Gasteiger partial charge in [0.2, 0.25) is 0 Å². The molecular formula is C21H24Cl2N2. The Labute approximate surface area is 160 Å². The first-order valence-electron chi connectivity index (χ1n) is 9.02. The van der Waals surface area contributed by atoms with Gasteiger partial charge in [-0.05, 0) is 54.7 Å². The van der Waals surface area contributed by atoms with Crippen LogP contribution < -0.4 is 9.80 Å². The number of nitrogens with zero attached hydrogens (tertiary/aromatic N) is 2. The van der Waals surface area contributed by atoms with Gasteiger partial charge in [0.25, 0.3) is 0 Å². The monoisotopic (exact) mass is 374 g/mol. The molecule has 2 aliphatic heterocycles. The molecule has 0 aromatic heterocycles. The zero-order chi connectivity index (χ0) is 17.9. The molecule has 0 saturated carbocycles. The molecule has 2 aromatic rings. The average Bonchev–Trinajstić information content (AvgIpc) is 2.85. The third-order valence-corrected chi connectivity index (χ3v) is 6.72. The molecule has 4 rings (SSSR count). The van der Waals surface area contributed by atoms with Crippen molar-refractivity contribution < 1.29 is 0 Å². The number of halogens is 2. The van der Waals surface area contributed by atoms with Crippen molar-refractivity contribution in [2.24, 2.45) is 0 Å². The summed E-state index contributed by atoms with van der Waals surface area (Å²) in [7, 11) is 2.20. The summed E-state index contributed by atoms with van der Waals surface area (Å²) in [4.78, 5) is 4.91. The maximum absolute atomic E-state index is 7.00. The van der Waals surface area contributed by atoms with Gasteiger partial charge in [-0.1, -0.05) is 30.7 Å². The van der Waals surface area contributed by atoms with Crippen LogP contribution in [-0.4, -0.2) is 26.2 Å². The van der Waals surface area contributed by atoms with E-state index >= 15 is 0 Å². The van der Waals surface area contributed by atoms with Gasteiger partial charge in [-0.25, -0.2) is 0 Å². The van der Waals surface area contributed by atoms with Crippen LogP contribution in [0.15, 0.2) is 24.3 Å². The van der Waals surface area contributed by atoms with E-state index in [-0.39, 0.29) is 5.38 Å². The number of alkyl halides is 1. The largest absolute Gasteiger partial charge is 0.371 e. The molecule has 2 heterocycles. The molecular weight excluding hydrogens is 351 g/mol. The van der Waals surface area contributed by atoms with E-state index in [1.165, 1.54) is 39.2 Å². The summed E-state index contributed by atoms with van der Waals surface area (Å²) in [6.07, 6.45) is 0.996. The second-order valence-electron chi connectivity index (χ2n) is 7.21. The van der Waals surface area contributed by atoms with Crippen LogP contribution in [0.5, 0.6) is 0 Å². The van der Waals surface area contributed by atoms with Gasteiger partial charge in [0.1, 0.15) is 0 Å². The third-order valence-electron chi connectivity index (χ3n) is 5.88. The Kier molecular flexibility index (Phi) is 4.16. The first-order chi connectivity index (χ1) is 12.0. The number of likely N-dealkylation sites (N-methyl/N-ethyl adjacent to an activating group) is 1. The molecule has 2 atom stereocenters. The Morgan fingerprint density at radius 3 is 2.44 bits per heavy atom. The maximum atomic E-state index is 7.00. The second kappa shape index (κ2) is 6.10. The van der Waals surface area contributed by atoms with Gasteiger partial charge in [0, 0.05) is 36.8 Å². The lowest BCUT2D eigenvalue weighted by Crippen LogP contribution is -2.42. The second-order valence-corrected chi connectivity index (χ2v) is 8.11. The number of anilines is 2. The van der Waals surface area contributed by atoms with Gasteiger partial charge in [-0.2, -0.15) is 0 Å². The summed E-state index contributed by atoms with van der Waals surface area (Å²) in [5, 5.41) is 0.780. The molecule has 2 unspecified atom stereocenters. The van der Waals surface area contributed by atoms with Crippen molar-refractivity contribution >= 4 is 34.6 Å². The summed E-state index contributed by atoms with van der Waals surface area (Å²) < 4.78 is 0. The summed E-state index contributed by atoms with van der Waals surface area (Å²) in [5.41, 5.74) is 9.35. The van der Waals surface area contributed by atoms with E-state index in [1.54, 1.807) is 0 Å². The molecule has 4 heteroatoms. The normalized spacial score (nSPS) is 21.7. The summed E-state index contributed by atoms with van der Waals surface area (Å²) in [6, 6.07) is 8.53. The Bertz CT molecular complexity index is 829. The maximum Gasteiger partial charge on any atom is 0.0812 e. The molecule has 132 valence electrons. The number of benzene rings is 2. The highest BCUT2D eigenvalue weighted by Gasteiger charge is 2.42. The quantitative estimate of drug-likeness (QED) is 0.611. The Morgan fingerprint density at radius 1 is 1.12 bits per heavy atom. The molecule has 0 aliphatic carbocycles. The lowest BCUT2D eigenvalue weighted by atomic mass is 9.86. The van der Waals surface area contributed by atoms with Crippen LogP contribution in [0.3, 0.4) is 0 Å². The molecule has 25 heavy (non-hydrogen) atoms. The van der Waals surface area contributed by atoms with Crippen molar-refractivity contribution in [3.63, 3.8) is 0 Å². The lowest BCUT2D eigenvalue weighted by Gasteiger charge is -2.38. The fourth-order valence-electron chi connectivity index (χ4n) is 4.62. The fraction of sp³-hybridized carbons (Fsp3) is 0.429. The Balaban J connectivity index is 2.09. The van der Waals surface area contributed by atoms with E-state index in [0.717, 1.165) is 24.5 Å². The van der Waals surface area contributed by atoms with Crippen molar-refractivity contribution in [1.82, 2.24) is 0 Å². The minimum absolute atomic E-state index is 0.0110. The summed E-state index contributed by atoms with van der Waals surface area (Å²) in [5.74, 6) is 0. The summed E-state index contributed by atoms with van der Waals surface area (Å²) in [6.45, 7) is 8.83. The van der Waals surface area contributed by atoms with Gasteiger partial charge < -0.3 is 9.80 Å². The molecule has 0 spiro atoms.